The second-order valence-corrected chi connectivity index (χ2v) is 12.0. The van der Waals surface area contributed by atoms with Gasteiger partial charge in [-0.25, -0.2) is 0 Å². The molecule has 4 N–H and O–H groups in total. The summed E-state index contributed by atoms with van der Waals surface area (Å²) in [6.45, 7) is 6.92. The Hall–Kier alpha value is -1.99. The van der Waals surface area contributed by atoms with Gasteiger partial charge in [0.05, 0.1) is 18.3 Å². The number of carbonyl (C=O) groups excluding carboxylic acids is 1. The number of benzene rings is 1. The van der Waals surface area contributed by atoms with E-state index in [1.54, 1.807) is 21.0 Å². The second-order valence-electron chi connectivity index (χ2n) is 12.0. The number of carbonyl (C=O) groups is 1. The maximum absolute atomic E-state index is 11.6. The first-order chi connectivity index (χ1) is 22.5. The van der Waals surface area contributed by atoms with Gasteiger partial charge in [-0.2, -0.15) is 0 Å². The van der Waals surface area contributed by atoms with Crippen LogP contribution in [-0.2, 0) is 58.6 Å². The molecule has 0 bridgehead atoms. The van der Waals surface area contributed by atoms with Gasteiger partial charge >= 0.3 is 5.97 Å². The molecule has 0 saturated carbocycles. The van der Waals surface area contributed by atoms with Crippen molar-refractivity contribution in [3.8, 4) is 5.75 Å². The molecule has 0 aliphatic carbocycles. The van der Waals surface area contributed by atoms with Crippen LogP contribution in [0.1, 0.15) is 33.3 Å². The van der Waals surface area contributed by atoms with Gasteiger partial charge in [-0.05, 0) is 51.4 Å². The highest BCUT2D eigenvalue weighted by atomic mass is 16.8. The molecule has 3 saturated heterocycles. The molecule has 0 amide bonds. The number of aliphatic hydroxyl groups excluding tert-OH is 2. The monoisotopic (exact) mass is 673 g/mol. The Morgan fingerprint density at radius 2 is 1.19 bits per heavy atom. The highest BCUT2D eigenvalue weighted by Gasteiger charge is 2.54. The van der Waals surface area contributed by atoms with E-state index in [1.165, 1.54) is 28.3 Å². The summed E-state index contributed by atoms with van der Waals surface area (Å²) in [6.07, 6.45) is -13.2. The minimum atomic E-state index is -1.28. The molecule has 0 aromatic heterocycles. The largest absolute Gasteiger partial charge is 0.462 e. The molecule has 3 fully saturated rings. The SMILES string of the molecule is CO[C@@H]1[C@H](O[C@@H]2[C@@H](O)[C@H](C)O[C@@H](O[C@@H]3[C@@H](OC)[C@H](C)O[C@@H](Oc4ccc(CCN)cc4)[C@@H]3OC)[C@@H]2OC)O[C@@H](C)[C@@H](OC(C)=O)[C@H]1O. The van der Waals surface area contributed by atoms with Gasteiger partial charge in [0, 0.05) is 35.4 Å². The van der Waals surface area contributed by atoms with Gasteiger partial charge in [0.1, 0.15) is 54.6 Å². The number of hydrogen-bond donors (Lipinski definition) is 3. The molecular weight excluding hydrogens is 622 g/mol. The van der Waals surface area contributed by atoms with E-state index in [0.29, 0.717) is 12.3 Å². The minimum absolute atomic E-state index is 0.483. The Bertz CT molecular complexity index is 1110. The van der Waals surface area contributed by atoms with Crippen LogP contribution >= 0.6 is 0 Å². The summed E-state index contributed by atoms with van der Waals surface area (Å²) in [7, 11) is 5.86. The van der Waals surface area contributed by atoms with Crippen molar-refractivity contribution in [3.05, 3.63) is 29.8 Å². The summed E-state index contributed by atoms with van der Waals surface area (Å²) in [6, 6.07) is 7.56. The predicted molar refractivity (Wildman–Crippen MR) is 163 cm³/mol. The van der Waals surface area contributed by atoms with Gasteiger partial charge in [-0.15, -0.1) is 0 Å². The van der Waals surface area contributed by atoms with E-state index in [0.717, 1.165) is 12.0 Å². The first-order valence-corrected chi connectivity index (χ1v) is 15.8. The van der Waals surface area contributed by atoms with Gasteiger partial charge in [0.2, 0.25) is 6.29 Å². The number of nitrogens with two attached hydrogens (primary N) is 1. The Kier molecular flexibility index (Phi) is 13.8. The zero-order chi connectivity index (χ0) is 34.4. The van der Waals surface area contributed by atoms with Crippen LogP contribution in [0.15, 0.2) is 24.3 Å². The smallest absolute Gasteiger partial charge is 0.303 e. The standard InChI is InChI=1S/C32H51NO14/c1-15-21(35)25(46-30-26(38-6)22(36)23(16(2)42-30)44-18(4)34)28(39-7)32(41-15)47-27-24(37-5)17(3)43-31(29(27)40-8)45-20-11-9-19(10-12-20)13-14-33/h9-12,15-17,21-32,35-36H,13-14,33H2,1-8H3/t15-,16-,17-,21-,22+,23+,24-,25+,26-,27+,28+,29+,30-,31-,32-/m0/s1. The third kappa shape index (κ3) is 8.60. The number of rotatable bonds is 13. The summed E-state index contributed by atoms with van der Waals surface area (Å²) < 4.78 is 65.7. The van der Waals surface area contributed by atoms with E-state index >= 15 is 0 Å². The minimum Gasteiger partial charge on any atom is -0.462 e. The molecule has 0 spiro atoms. The van der Waals surface area contributed by atoms with Crippen molar-refractivity contribution in [2.24, 2.45) is 5.73 Å². The van der Waals surface area contributed by atoms with Gasteiger partial charge < -0.3 is 68.1 Å². The van der Waals surface area contributed by atoms with Crippen molar-refractivity contribution in [2.45, 2.75) is 126 Å². The summed E-state index contributed by atoms with van der Waals surface area (Å²) >= 11 is 0. The number of methoxy groups -OCH3 is 4. The van der Waals surface area contributed by atoms with E-state index in [4.69, 9.17) is 57.8 Å². The number of ether oxygens (including phenoxy) is 11. The fourth-order valence-corrected chi connectivity index (χ4v) is 6.35. The summed E-state index contributed by atoms with van der Waals surface area (Å²) in [5.41, 5.74) is 6.76. The van der Waals surface area contributed by atoms with Gasteiger partial charge in [-0.1, -0.05) is 12.1 Å². The zero-order valence-electron chi connectivity index (χ0n) is 28.3. The summed E-state index contributed by atoms with van der Waals surface area (Å²) in [5.74, 6) is -0.00730. The first kappa shape index (κ1) is 37.8. The zero-order valence-corrected chi connectivity index (χ0v) is 28.3. The summed E-state index contributed by atoms with van der Waals surface area (Å²) in [4.78, 5) is 11.6. The fourth-order valence-electron chi connectivity index (χ4n) is 6.35. The predicted octanol–water partition coefficient (Wildman–Crippen LogP) is 0.285. The maximum atomic E-state index is 11.6. The van der Waals surface area contributed by atoms with Crippen LogP contribution in [0, 0.1) is 0 Å². The average Bonchev–Trinajstić information content (AvgIpc) is 3.03. The van der Waals surface area contributed by atoms with Crippen LogP contribution in [0.4, 0.5) is 0 Å². The van der Waals surface area contributed by atoms with E-state index < -0.39 is 98.1 Å². The molecule has 15 heteroatoms. The molecule has 15 atom stereocenters. The fraction of sp³-hybridized carbons (Fsp3) is 0.781. The van der Waals surface area contributed by atoms with E-state index in [-0.39, 0.29) is 0 Å². The first-order valence-electron chi connectivity index (χ1n) is 15.8. The Balaban J connectivity index is 1.55. The van der Waals surface area contributed by atoms with Crippen molar-refractivity contribution >= 4 is 5.97 Å². The van der Waals surface area contributed by atoms with Crippen LogP contribution in [0.3, 0.4) is 0 Å². The third-order valence-electron chi connectivity index (χ3n) is 8.82. The van der Waals surface area contributed by atoms with E-state index in [1.807, 2.05) is 31.2 Å². The number of esters is 1. The summed E-state index contributed by atoms with van der Waals surface area (Å²) in [5, 5.41) is 22.2. The highest BCUT2D eigenvalue weighted by molar-refractivity contribution is 5.66. The maximum Gasteiger partial charge on any atom is 0.303 e. The average molecular weight is 674 g/mol. The number of hydrogen-bond acceptors (Lipinski definition) is 15. The molecule has 1 aromatic rings. The Labute approximate surface area is 275 Å². The van der Waals surface area contributed by atoms with Crippen LogP contribution < -0.4 is 10.5 Å². The van der Waals surface area contributed by atoms with Crippen molar-refractivity contribution in [3.63, 3.8) is 0 Å². The Morgan fingerprint density at radius 3 is 1.77 bits per heavy atom. The molecule has 268 valence electrons. The normalized spacial score (nSPS) is 41.0. The highest BCUT2D eigenvalue weighted by Crippen LogP contribution is 2.36. The second kappa shape index (κ2) is 17.1. The molecule has 4 rings (SSSR count). The van der Waals surface area contributed by atoms with Crippen LogP contribution in [-0.4, -0.2) is 143 Å². The molecule has 47 heavy (non-hydrogen) atoms. The van der Waals surface area contributed by atoms with Crippen molar-refractivity contribution in [2.75, 3.05) is 35.0 Å². The molecule has 3 aliphatic heterocycles. The van der Waals surface area contributed by atoms with Gasteiger partial charge in [-0.3, -0.25) is 4.79 Å². The molecule has 3 heterocycles. The van der Waals surface area contributed by atoms with Gasteiger partial charge in [0.25, 0.3) is 0 Å². The van der Waals surface area contributed by atoms with Crippen LogP contribution in [0.2, 0.25) is 0 Å². The molecule has 1 aromatic carbocycles. The Morgan fingerprint density at radius 1 is 0.681 bits per heavy atom. The quantitative estimate of drug-likeness (QED) is 0.243. The van der Waals surface area contributed by atoms with E-state index in [2.05, 4.69) is 0 Å². The van der Waals surface area contributed by atoms with Crippen molar-refractivity contribution in [1.82, 2.24) is 0 Å². The molecule has 0 unspecified atom stereocenters. The lowest BCUT2D eigenvalue weighted by molar-refractivity contribution is -0.377. The van der Waals surface area contributed by atoms with E-state index in [9.17, 15) is 15.0 Å². The van der Waals surface area contributed by atoms with Crippen molar-refractivity contribution in [1.29, 1.82) is 0 Å². The molecule has 0 radical (unpaired) electrons. The van der Waals surface area contributed by atoms with Crippen molar-refractivity contribution < 1.29 is 67.1 Å². The lowest BCUT2D eigenvalue weighted by Crippen LogP contribution is -2.66. The topological polar surface area (TPSA) is 185 Å². The van der Waals surface area contributed by atoms with Gasteiger partial charge in [0.15, 0.2) is 18.7 Å². The number of aliphatic hydroxyl groups is 2. The molecular formula is C32H51NO14. The third-order valence-corrected chi connectivity index (χ3v) is 8.82. The van der Waals surface area contributed by atoms with Crippen LogP contribution in [0.25, 0.3) is 0 Å². The molecule has 15 nitrogen and oxygen atoms in total. The lowest BCUT2D eigenvalue weighted by atomic mass is 9.96. The molecule has 3 aliphatic rings. The van der Waals surface area contributed by atoms with Crippen LogP contribution in [0.5, 0.6) is 5.75 Å². The lowest BCUT2D eigenvalue weighted by Gasteiger charge is -2.49.